The third-order valence-corrected chi connectivity index (χ3v) is 2.57. The van der Waals surface area contributed by atoms with Crippen LogP contribution in [0, 0.1) is 17.5 Å². The minimum Gasteiger partial charge on any atom is -0.398 e. The Bertz CT molecular complexity index is 584. The molecule has 0 aromatic heterocycles. The molecule has 0 saturated heterocycles. The fraction of sp³-hybridized carbons (Fsp3) is 0. The van der Waals surface area contributed by atoms with Crippen LogP contribution < -0.4 is 5.73 Å². The first-order valence-corrected chi connectivity index (χ1v) is 5.07. The second kappa shape index (κ2) is 4.30. The molecule has 0 radical (unpaired) electrons. The molecule has 0 amide bonds. The van der Waals surface area contributed by atoms with Crippen LogP contribution in [0.15, 0.2) is 30.3 Å². The number of halogens is 4. The lowest BCUT2D eigenvalue weighted by molar-refractivity contribution is 0.449. The largest absolute Gasteiger partial charge is 0.398 e. The number of hydrogen-bond donors (Lipinski definition) is 1. The summed E-state index contributed by atoms with van der Waals surface area (Å²) >= 11 is 5.69. The van der Waals surface area contributed by atoms with Crippen LogP contribution in [0.4, 0.5) is 18.9 Å². The Labute approximate surface area is 101 Å². The maximum absolute atomic E-state index is 13.5. The minimum absolute atomic E-state index is 0.0990. The number of nitrogens with two attached hydrogens (primary N) is 1. The normalized spacial score (nSPS) is 10.6. The number of nitrogen functional groups attached to an aromatic ring is 1. The second-order valence-electron chi connectivity index (χ2n) is 3.45. The van der Waals surface area contributed by atoms with Gasteiger partial charge in [-0.25, -0.2) is 13.2 Å². The van der Waals surface area contributed by atoms with Crippen molar-refractivity contribution in [3.8, 4) is 11.1 Å². The number of anilines is 1. The average Bonchev–Trinajstić information content (AvgIpc) is 2.28. The zero-order valence-corrected chi connectivity index (χ0v) is 9.23. The van der Waals surface area contributed by atoms with Crippen molar-refractivity contribution in [1.82, 2.24) is 0 Å². The summed E-state index contributed by atoms with van der Waals surface area (Å²) in [5.74, 6) is -4.02. The summed E-state index contributed by atoms with van der Waals surface area (Å²) in [5, 5.41) is 0.384. The van der Waals surface area contributed by atoms with E-state index >= 15 is 0 Å². The molecule has 0 bridgehead atoms. The highest BCUT2D eigenvalue weighted by atomic mass is 35.5. The van der Waals surface area contributed by atoms with Gasteiger partial charge in [-0.05, 0) is 24.3 Å². The molecule has 2 aromatic carbocycles. The Morgan fingerprint density at radius 2 is 1.53 bits per heavy atom. The van der Waals surface area contributed by atoms with Gasteiger partial charge in [0.05, 0.1) is 0 Å². The maximum Gasteiger partial charge on any atom is 0.195 e. The molecule has 0 unspecified atom stereocenters. The zero-order valence-electron chi connectivity index (χ0n) is 8.48. The molecule has 2 N–H and O–H groups in total. The number of benzene rings is 2. The van der Waals surface area contributed by atoms with E-state index in [2.05, 4.69) is 0 Å². The molecule has 1 nitrogen and oxygen atoms in total. The highest BCUT2D eigenvalue weighted by Crippen LogP contribution is 2.31. The highest BCUT2D eigenvalue weighted by Gasteiger charge is 2.16. The van der Waals surface area contributed by atoms with E-state index < -0.39 is 17.5 Å². The van der Waals surface area contributed by atoms with E-state index in [-0.39, 0.29) is 16.8 Å². The van der Waals surface area contributed by atoms with Gasteiger partial charge in [0, 0.05) is 21.8 Å². The van der Waals surface area contributed by atoms with E-state index in [1.807, 2.05) is 0 Å². The lowest BCUT2D eigenvalue weighted by Gasteiger charge is -2.08. The first-order chi connectivity index (χ1) is 8.00. The van der Waals surface area contributed by atoms with E-state index in [0.29, 0.717) is 5.02 Å². The predicted molar refractivity (Wildman–Crippen MR) is 61.2 cm³/mol. The third-order valence-electron chi connectivity index (χ3n) is 2.34. The van der Waals surface area contributed by atoms with Crippen LogP contribution in [0.1, 0.15) is 0 Å². The van der Waals surface area contributed by atoms with Crippen LogP contribution in [-0.4, -0.2) is 0 Å². The van der Waals surface area contributed by atoms with E-state index in [0.717, 1.165) is 12.1 Å². The van der Waals surface area contributed by atoms with Gasteiger partial charge in [0.2, 0.25) is 0 Å². The highest BCUT2D eigenvalue weighted by molar-refractivity contribution is 6.31. The molecule has 0 spiro atoms. The summed E-state index contributed by atoms with van der Waals surface area (Å²) in [6.45, 7) is 0. The summed E-state index contributed by atoms with van der Waals surface area (Å²) in [4.78, 5) is 0. The van der Waals surface area contributed by atoms with Gasteiger partial charge in [0.25, 0.3) is 0 Å². The van der Waals surface area contributed by atoms with Crippen molar-refractivity contribution in [2.75, 3.05) is 5.73 Å². The lowest BCUT2D eigenvalue weighted by Crippen LogP contribution is -1.96. The minimum atomic E-state index is -1.52. The second-order valence-corrected chi connectivity index (χ2v) is 3.89. The molecule has 0 saturated carbocycles. The van der Waals surface area contributed by atoms with E-state index in [1.54, 1.807) is 0 Å². The fourth-order valence-electron chi connectivity index (χ4n) is 1.51. The number of hydrogen-bond acceptors (Lipinski definition) is 1. The first kappa shape index (κ1) is 11.8. The van der Waals surface area contributed by atoms with Gasteiger partial charge in [-0.15, -0.1) is 0 Å². The van der Waals surface area contributed by atoms with Crippen molar-refractivity contribution >= 4 is 17.3 Å². The smallest absolute Gasteiger partial charge is 0.195 e. The standard InChI is InChI=1S/C12H7ClF3N/c13-6-1-2-7(10(17)5-6)8-3-4-9(14)12(16)11(8)15/h1-5H,17H2. The van der Waals surface area contributed by atoms with Gasteiger partial charge in [0.15, 0.2) is 17.5 Å². The summed E-state index contributed by atoms with van der Waals surface area (Å²) in [6, 6.07) is 6.34. The van der Waals surface area contributed by atoms with Crippen molar-refractivity contribution in [2.45, 2.75) is 0 Å². The van der Waals surface area contributed by atoms with Crippen molar-refractivity contribution in [3.63, 3.8) is 0 Å². The number of rotatable bonds is 1. The van der Waals surface area contributed by atoms with Crippen LogP contribution in [0.2, 0.25) is 5.02 Å². The predicted octanol–water partition coefficient (Wildman–Crippen LogP) is 4.01. The van der Waals surface area contributed by atoms with Gasteiger partial charge in [-0.2, -0.15) is 0 Å². The van der Waals surface area contributed by atoms with Gasteiger partial charge >= 0.3 is 0 Å². The SMILES string of the molecule is Nc1cc(Cl)ccc1-c1ccc(F)c(F)c1F. The monoisotopic (exact) mass is 257 g/mol. The molecular weight excluding hydrogens is 251 g/mol. The molecule has 0 atom stereocenters. The molecule has 2 rings (SSSR count). The molecule has 2 aromatic rings. The Morgan fingerprint density at radius 1 is 0.882 bits per heavy atom. The molecule has 17 heavy (non-hydrogen) atoms. The Kier molecular flexibility index (Phi) is 2.98. The molecule has 0 heterocycles. The van der Waals surface area contributed by atoms with Crippen molar-refractivity contribution in [3.05, 3.63) is 52.8 Å². The third kappa shape index (κ3) is 2.08. The molecule has 5 heteroatoms. The van der Waals surface area contributed by atoms with Crippen LogP contribution in [0.3, 0.4) is 0 Å². The molecule has 0 aliphatic rings. The maximum atomic E-state index is 13.5. The zero-order chi connectivity index (χ0) is 12.6. The van der Waals surface area contributed by atoms with Gasteiger partial charge in [0.1, 0.15) is 0 Å². The Balaban J connectivity index is 2.65. The molecule has 0 aliphatic heterocycles. The van der Waals surface area contributed by atoms with Gasteiger partial charge < -0.3 is 5.73 Å². The molecule has 0 fully saturated rings. The lowest BCUT2D eigenvalue weighted by atomic mass is 10.0. The van der Waals surface area contributed by atoms with E-state index in [1.165, 1.54) is 18.2 Å². The molecular formula is C12H7ClF3N. The summed E-state index contributed by atoms with van der Waals surface area (Å²) in [7, 11) is 0. The van der Waals surface area contributed by atoms with E-state index in [4.69, 9.17) is 17.3 Å². The Morgan fingerprint density at radius 3 is 2.18 bits per heavy atom. The van der Waals surface area contributed by atoms with Crippen LogP contribution in [-0.2, 0) is 0 Å². The van der Waals surface area contributed by atoms with Gasteiger partial charge in [-0.1, -0.05) is 17.7 Å². The molecule has 88 valence electrons. The van der Waals surface area contributed by atoms with Gasteiger partial charge in [-0.3, -0.25) is 0 Å². The average molecular weight is 258 g/mol. The summed E-state index contributed by atoms with van der Waals surface area (Å²) in [6.07, 6.45) is 0. The summed E-state index contributed by atoms with van der Waals surface area (Å²) in [5.41, 5.74) is 6.01. The van der Waals surface area contributed by atoms with Crippen molar-refractivity contribution in [1.29, 1.82) is 0 Å². The van der Waals surface area contributed by atoms with Crippen LogP contribution in [0.25, 0.3) is 11.1 Å². The molecule has 0 aliphatic carbocycles. The van der Waals surface area contributed by atoms with E-state index in [9.17, 15) is 13.2 Å². The first-order valence-electron chi connectivity index (χ1n) is 4.69. The quantitative estimate of drug-likeness (QED) is 0.606. The fourth-order valence-corrected chi connectivity index (χ4v) is 1.69. The summed E-state index contributed by atoms with van der Waals surface area (Å²) < 4.78 is 39.4. The Hall–Kier alpha value is -1.68. The topological polar surface area (TPSA) is 26.0 Å². The van der Waals surface area contributed by atoms with Crippen molar-refractivity contribution < 1.29 is 13.2 Å². The van der Waals surface area contributed by atoms with Crippen molar-refractivity contribution in [2.24, 2.45) is 0 Å². The van der Waals surface area contributed by atoms with Crippen LogP contribution in [0.5, 0.6) is 0 Å². The van der Waals surface area contributed by atoms with Crippen LogP contribution >= 0.6 is 11.6 Å².